The number of carbonyl (C=O) groups is 1. The molecule has 0 saturated carbocycles. The molecule has 1 aromatic carbocycles. The molecule has 1 N–H and O–H groups in total. The molecular weight excluding hydrogens is 456 g/mol. The second-order valence-electron chi connectivity index (χ2n) is 8.92. The molecule has 1 amide bonds. The van der Waals surface area contributed by atoms with Gasteiger partial charge in [-0.2, -0.15) is 0 Å². The van der Waals surface area contributed by atoms with Gasteiger partial charge in [0.2, 0.25) is 0 Å². The number of hydrogen-bond donors (Lipinski definition) is 1. The van der Waals surface area contributed by atoms with E-state index in [9.17, 15) is 9.59 Å². The Labute approximate surface area is 203 Å². The minimum atomic E-state index is -0.474. The van der Waals surface area contributed by atoms with Crippen molar-refractivity contribution >= 4 is 40.7 Å². The van der Waals surface area contributed by atoms with E-state index in [-0.39, 0.29) is 11.2 Å². The number of ether oxygens (including phenoxy) is 1. The highest BCUT2D eigenvalue weighted by Crippen LogP contribution is 2.29. The maximum atomic E-state index is 13.0. The second kappa shape index (κ2) is 9.82. The lowest BCUT2D eigenvalue weighted by Crippen LogP contribution is -2.49. The van der Waals surface area contributed by atoms with Crippen LogP contribution in [0.1, 0.15) is 23.4 Å². The summed E-state index contributed by atoms with van der Waals surface area (Å²) in [5.74, 6) is -0.475. The molecule has 0 radical (unpaired) electrons. The zero-order chi connectivity index (χ0) is 23.7. The number of anilines is 2. The third kappa shape index (κ3) is 4.71. The van der Waals surface area contributed by atoms with Crippen LogP contribution in [0.5, 0.6) is 0 Å². The summed E-state index contributed by atoms with van der Waals surface area (Å²) in [7, 11) is 2.10. The summed E-state index contributed by atoms with van der Waals surface area (Å²) in [5, 5.41) is 3.92. The fourth-order valence-electron chi connectivity index (χ4n) is 4.71. The zero-order valence-electron chi connectivity index (χ0n) is 19.3. The molecule has 0 atom stereocenters. The van der Waals surface area contributed by atoms with Gasteiger partial charge in [-0.05, 0) is 38.1 Å². The zero-order valence-corrected chi connectivity index (χ0v) is 20.1. The molecule has 0 bridgehead atoms. The Hall–Kier alpha value is -2.81. The van der Waals surface area contributed by atoms with Crippen LogP contribution in [0.15, 0.2) is 33.5 Å². The summed E-state index contributed by atoms with van der Waals surface area (Å²) in [6, 6.07) is 6.69. The molecular formula is C25H29ClN4O4. The molecule has 0 spiro atoms. The van der Waals surface area contributed by atoms with Crippen molar-refractivity contribution in [2.24, 2.45) is 0 Å². The average molecular weight is 485 g/mol. The number of likely N-dealkylation sites (N-methyl/N-ethyl adjacent to an activating group) is 1. The Morgan fingerprint density at radius 3 is 2.53 bits per heavy atom. The van der Waals surface area contributed by atoms with Crippen LogP contribution in [0.4, 0.5) is 11.4 Å². The fourth-order valence-corrected chi connectivity index (χ4v) is 5.01. The number of rotatable bonds is 4. The number of fused-ring (bicyclic) bond motifs is 1. The molecule has 2 aliphatic heterocycles. The van der Waals surface area contributed by atoms with E-state index in [4.69, 9.17) is 20.8 Å². The van der Waals surface area contributed by atoms with Gasteiger partial charge in [0.15, 0.2) is 16.6 Å². The molecule has 2 fully saturated rings. The van der Waals surface area contributed by atoms with Gasteiger partial charge in [0.1, 0.15) is 0 Å². The Kier molecular flexibility index (Phi) is 6.63. The number of hydrogen-bond acceptors (Lipinski definition) is 7. The SMILES string of the molecule is CN1CCN(C2=c3oc(C(=O)Nc4ccc(N5CCOCC5)c(Cl)c4)cc(=O)c3=CCC2)CC1. The van der Waals surface area contributed by atoms with Crippen LogP contribution in [0.25, 0.3) is 11.8 Å². The van der Waals surface area contributed by atoms with Crippen LogP contribution in [-0.4, -0.2) is 75.2 Å². The Morgan fingerprint density at radius 2 is 1.79 bits per heavy atom. The fraction of sp³-hybridized carbons (Fsp3) is 0.440. The maximum Gasteiger partial charge on any atom is 0.291 e. The number of piperazine rings is 1. The molecule has 3 heterocycles. The lowest BCUT2D eigenvalue weighted by Gasteiger charge is -2.35. The van der Waals surface area contributed by atoms with Gasteiger partial charge >= 0.3 is 0 Å². The standard InChI is InChI=1S/C25H29ClN4O4/c1-28-7-9-29(10-8-28)21-4-2-3-18-22(31)16-23(34-24(18)21)25(32)27-17-5-6-20(19(26)15-17)30-11-13-33-14-12-30/h3,5-6,15-16H,2,4,7-14H2,1H3,(H,27,32). The van der Waals surface area contributed by atoms with E-state index in [0.29, 0.717) is 34.6 Å². The van der Waals surface area contributed by atoms with Crippen molar-refractivity contribution < 1.29 is 13.9 Å². The molecule has 34 heavy (non-hydrogen) atoms. The summed E-state index contributed by atoms with van der Waals surface area (Å²) in [6.07, 6.45) is 3.49. The van der Waals surface area contributed by atoms with Gasteiger partial charge in [-0.15, -0.1) is 0 Å². The molecule has 3 aliphatic rings. The van der Waals surface area contributed by atoms with Crippen molar-refractivity contribution in [2.75, 3.05) is 69.7 Å². The first kappa shape index (κ1) is 23.0. The van der Waals surface area contributed by atoms with Gasteiger partial charge in [-0.25, -0.2) is 0 Å². The third-order valence-corrected chi connectivity index (χ3v) is 6.94. The van der Waals surface area contributed by atoms with Gasteiger partial charge in [-0.1, -0.05) is 17.7 Å². The highest BCUT2D eigenvalue weighted by atomic mass is 35.5. The minimum absolute atomic E-state index is 0.000874. The Bertz CT molecular complexity index is 1260. The van der Waals surface area contributed by atoms with Gasteiger partial charge in [0.25, 0.3) is 5.91 Å². The van der Waals surface area contributed by atoms with E-state index in [1.54, 1.807) is 12.1 Å². The van der Waals surface area contributed by atoms with E-state index >= 15 is 0 Å². The summed E-state index contributed by atoms with van der Waals surface area (Å²) in [5.41, 5.74) is 2.79. The largest absolute Gasteiger partial charge is 0.449 e. The van der Waals surface area contributed by atoms with Crippen LogP contribution < -0.4 is 26.3 Å². The van der Waals surface area contributed by atoms with Gasteiger partial charge < -0.3 is 29.2 Å². The molecule has 2 aromatic rings. The minimum Gasteiger partial charge on any atom is -0.449 e. The predicted molar refractivity (Wildman–Crippen MR) is 133 cm³/mol. The first-order valence-corrected chi connectivity index (χ1v) is 12.1. The maximum absolute atomic E-state index is 13.0. The summed E-state index contributed by atoms with van der Waals surface area (Å²) < 4.78 is 11.5. The Balaban J connectivity index is 1.41. The highest BCUT2D eigenvalue weighted by Gasteiger charge is 2.22. The predicted octanol–water partition coefficient (Wildman–Crippen LogP) is 1.31. The first-order valence-electron chi connectivity index (χ1n) is 11.7. The molecule has 1 aromatic heterocycles. The van der Waals surface area contributed by atoms with Crippen LogP contribution >= 0.6 is 11.6 Å². The monoisotopic (exact) mass is 484 g/mol. The van der Waals surface area contributed by atoms with Crippen molar-refractivity contribution in [1.29, 1.82) is 0 Å². The highest BCUT2D eigenvalue weighted by molar-refractivity contribution is 6.33. The molecule has 8 nitrogen and oxygen atoms in total. The van der Waals surface area contributed by atoms with Gasteiger partial charge in [0.05, 0.1) is 34.8 Å². The lowest BCUT2D eigenvalue weighted by molar-refractivity contribution is 0.0991. The number of amides is 1. The smallest absolute Gasteiger partial charge is 0.291 e. The third-order valence-electron chi connectivity index (χ3n) is 6.64. The summed E-state index contributed by atoms with van der Waals surface area (Å²) in [6.45, 7) is 6.53. The van der Waals surface area contributed by atoms with Crippen molar-refractivity contribution in [3.8, 4) is 0 Å². The number of morpholine rings is 1. The molecule has 0 unspecified atom stereocenters. The molecule has 2 saturated heterocycles. The molecule has 1 aliphatic carbocycles. The van der Waals surface area contributed by atoms with E-state index in [1.165, 1.54) is 6.07 Å². The molecule has 9 heteroatoms. The number of halogens is 1. The van der Waals surface area contributed by atoms with E-state index in [0.717, 1.165) is 63.5 Å². The second-order valence-corrected chi connectivity index (χ2v) is 9.32. The summed E-state index contributed by atoms with van der Waals surface area (Å²) >= 11 is 6.50. The van der Waals surface area contributed by atoms with E-state index in [1.807, 2.05) is 12.1 Å². The van der Waals surface area contributed by atoms with E-state index < -0.39 is 5.91 Å². The molecule has 5 rings (SSSR count). The van der Waals surface area contributed by atoms with Crippen LogP contribution in [-0.2, 0) is 4.74 Å². The van der Waals surface area contributed by atoms with Gasteiger partial charge in [-0.3, -0.25) is 9.59 Å². The quantitative estimate of drug-likeness (QED) is 0.701. The summed E-state index contributed by atoms with van der Waals surface area (Å²) in [4.78, 5) is 32.6. The first-order chi connectivity index (χ1) is 16.5. The lowest BCUT2D eigenvalue weighted by atomic mass is 10.1. The Morgan fingerprint density at radius 1 is 1.03 bits per heavy atom. The topological polar surface area (TPSA) is 78.3 Å². The van der Waals surface area contributed by atoms with Crippen molar-refractivity contribution in [1.82, 2.24) is 9.80 Å². The van der Waals surface area contributed by atoms with Crippen LogP contribution in [0, 0.1) is 0 Å². The van der Waals surface area contributed by atoms with Crippen LogP contribution in [0.2, 0.25) is 5.02 Å². The van der Waals surface area contributed by atoms with Crippen molar-refractivity contribution in [3.63, 3.8) is 0 Å². The van der Waals surface area contributed by atoms with Crippen molar-refractivity contribution in [2.45, 2.75) is 12.8 Å². The number of nitrogens with one attached hydrogen (secondary N) is 1. The van der Waals surface area contributed by atoms with Gasteiger partial charge in [0, 0.05) is 51.0 Å². The normalized spacial score (nSPS) is 18.9. The molecule has 180 valence electrons. The van der Waals surface area contributed by atoms with Crippen LogP contribution in [0.3, 0.4) is 0 Å². The van der Waals surface area contributed by atoms with E-state index in [2.05, 4.69) is 27.1 Å². The van der Waals surface area contributed by atoms with Crippen molar-refractivity contribution in [3.05, 3.63) is 55.9 Å². The average Bonchev–Trinajstić information content (AvgIpc) is 2.85. The number of nitrogens with zero attached hydrogens (tertiary/aromatic N) is 3. The number of carbonyl (C=O) groups excluding carboxylic acids is 1. The number of benzene rings is 1.